The fraction of sp³-hybridized carbons (Fsp3) is 0.562. The monoisotopic (exact) mass is 294 g/mol. The number of ether oxygens (including phenoxy) is 3. The number of methoxy groups -OCH3 is 1. The van der Waals surface area contributed by atoms with Crippen molar-refractivity contribution >= 4 is 5.97 Å². The molecule has 1 aromatic rings. The summed E-state index contributed by atoms with van der Waals surface area (Å²) in [5.74, 6) is -0.0151. The van der Waals surface area contributed by atoms with Gasteiger partial charge in [0.1, 0.15) is 13.2 Å². The Balaban J connectivity index is 2.37. The fourth-order valence-electron chi connectivity index (χ4n) is 2.66. The average molecular weight is 294 g/mol. The van der Waals surface area contributed by atoms with E-state index < -0.39 is 17.5 Å². The van der Waals surface area contributed by atoms with E-state index >= 15 is 0 Å². The summed E-state index contributed by atoms with van der Waals surface area (Å²) in [6.07, 6.45) is 0. The van der Waals surface area contributed by atoms with Crippen LogP contribution >= 0.6 is 0 Å². The van der Waals surface area contributed by atoms with Gasteiger partial charge in [0.05, 0.1) is 7.11 Å². The summed E-state index contributed by atoms with van der Waals surface area (Å²) in [6, 6.07) is 5.46. The van der Waals surface area contributed by atoms with E-state index in [1.807, 2.05) is 19.1 Å². The quantitative estimate of drug-likeness (QED) is 0.862. The first-order valence-electron chi connectivity index (χ1n) is 7.11. The molecule has 0 saturated carbocycles. The lowest BCUT2D eigenvalue weighted by molar-refractivity contribution is -0.170. The van der Waals surface area contributed by atoms with Gasteiger partial charge in [-0.05, 0) is 23.6 Å². The van der Waals surface area contributed by atoms with Crippen molar-refractivity contribution in [2.45, 2.75) is 32.3 Å². The highest BCUT2D eigenvalue weighted by molar-refractivity contribution is 5.81. The highest BCUT2D eigenvalue weighted by atomic mass is 16.6. The van der Waals surface area contributed by atoms with Gasteiger partial charge in [-0.3, -0.25) is 0 Å². The van der Waals surface area contributed by atoms with E-state index in [4.69, 9.17) is 14.2 Å². The maximum absolute atomic E-state index is 12.1. The highest BCUT2D eigenvalue weighted by Crippen LogP contribution is 2.39. The number of hydrogen-bond acceptors (Lipinski definition) is 5. The Morgan fingerprint density at radius 1 is 1.24 bits per heavy atom. The molecule has 0 saturated heterocycles. The topological polar surface area (TPSA) is 65.0 Å². The van der Waals surface area contributed by atoms with Crippen LogP contribution in [0.4, 0.5) is 0 Å². The number of benzene rings is 1. The number of carbonyl (C=O) groups is 1. The summed E-state index contributed by atoms with van der Waals surface area (Å²) in [6.45, 7) is 6.43. The number of carbonyl (C=O) groups excluding carboxylic acids is 1. The van der Waals surface area contributed by atoms with Crippen LogP contribution in [0.15, 0.2) is 18.2 Å². The van der Waals surface area contributed by atoms with E-state index in [1.54, 1.807) is 19.9 Å². The molecule has 1 aliphatic heterocycles. The Morgan fingerprint density at radius 3 is 2.43 bits per heavy atom. The zero-order valence-corrected chi connectivity index (χ0v) is 12.9. The van der Waals surface area contributed by atoms with Gasteiger partial charge in [0, 0.05) is 5.92 Å². The molecule has 0 spiro atoms. The van der Waals surface area contributed by atoms with Crippen molar-refractivity contribution in [1.82, 2.24) is 0 Å². The fourth-order valence-corrected chi connectivity index (χ4v) is 2.66. The molecule has 0 amide bonds. The zero-order valence-electron chi connectivity index (χ0n) is 12.9. The first-order chi connectivity index (χ1) is 9.91. The van der Waals surface area contributed by atoms with Crippen LogP contribution in [0, 0.1) is 5.92 Å². The normalized spacial score (nSPS) is 18.0. The van der Waals surface area contributed by atoms with E-state index in [2.05, 4.69) is 0 Å². The third-order valence-electron chi connectivity index (χ3n) is 4.12. The van der Waals surface area contributed by atoms with Gasteiger partial charge in [-0.25, -0.2) is 4.79 Å². The summed E-state index contributed by atoms with van der Waals surface area (Å²) in [4.78, 5) is 12.1. The Labute approximate surface area is 124 Å². The molecule has 0 aromatic heterocycles. The van der Waals surface area contributed by atoms with Crippen molar-refractivity contribution in [2.75, 3.05) is 20.3 Å². The van der Waals surface area contributed by atoms with Crippen molar-refractivity contribution in [2.24, 2.45) is 5.92 Å². The highest BCUT2D eigenvalue weighted by Gasteiger charge is 2.46. The molecule has 2 unspecified atom stereocenters. The molecule has 0 aliphatic carbocycles. The molecule has 1 aromatic carbocycles. The lowest BCUT2D eigenvalue weighted by atomic mass is 9.76. The van der Waals surface area contributed by atoms with Crippen molar-refractivity contribution in [3.8, 4) is 11.5 Å². The van der Waals surface area contributed by atoms with Gasteiger partial charge in [-0.1, -0.05) is 26.8 Å². The minimum absolute atomic E-state index is 0.284. The minimum atomic E-state index is -1.58. The SMILES string of the molecule is COC(=O)C(O)(C(C)C)C(C)c1ccc2c(c1)OCCO2. The van der Waals surface area contributed by atoms with Crippen LogP contribution in [0.1, 0.15) is 32.3 Å². The molecule has 2 atom stereocenters. The minimum Gasteiger partial charge on any atom is -0.486 e. The molecule has 116 valence electrons. The number of aliphatic hydroxyl groups is 1. The molecule has 1 heterocycles. The summed E-state index contributed by atoms with van der Waals surface area (Å²) in [5, 5.41) is 10.8. The third kappa shape index (κ3) is 2.70. The first kappa shape index (κ1) is 15.6. The van der Waals surface area contributed by atoms with E-state index in [0.717, 1.165) is 5.56 Å². The molecule has 5 nitrogen and oxygen atoms in total. The Hall–Kier alpha value is -1.75. The molecular weight excluding hydrogens is 272 g/mol. The van der Waals surface area contributed by atoms with Gasteiger partial charge < -0.3 is 19.3 Å². The predicted octanol–water partition coefficient (Wildman–Crippen LogP) is 2.12. The Morgan fingerprint density at radius 2 is 1.86 bits per heavy atom. The molecule has 21 heavy (non-hydrogen) atoms. The molecule has 1 N–H and O–H groups in total. The van der Waals surface area contributed by atoms with Crippen LogP contribution in [0.2, 0.25) is 0 Å². The van der Waals surface area contributed by atoms with E-state index in [0.29, 0.717) is 24.7 Å². The van der Waals surface area contributed by atoms with Crippen LogP contribution in [0.5, 0.6) is 11.5 Å². The summed E-state index contributed by atoms with van der Waals surface area (Å²) >= 11 is 0. The largest absolute Gasteiger partial charge is 0.486 e. The second-order valence-electron chi connectivity index (χ2n) is 5.60. The summed E-state index contributed by atoms with van der Waals surface area (Å²) < 4.78 is 15.8. The zero-order chi connectivity index (χ0) is 15.6. The lowest BCUT2D eigenvalue weighted by Gasteiger charge is -2.35. The predicted molar refractivity (Wildman–Crippen MR) is 77.7 cm³/mol. The molecule has 0 fully saturated rings. The molecule has 5 heteroatoms. The standard InChI is InChI=1S/C16H22O5/c1-10(2)16(18,15(17)19-4)11(3)12-5-6-13-14(9-12)21-8-7-20-13/h5-6,9-11,18H,7-8H2,1-4H3. The lowest BCUT2D eigenvalue weighted by Crippen LogP contribution is -2.49. The summed E-state index contributed by atoms with van der Waals surface area (Å²) in [7, 11) is 1.28. The average Bonchev–Trinajstić information content (AvgIpc) is 2.51. The van der Waals surface area contributed by atoms with Crippen LogP contribution in [0.25, 0.3) is 0 Å². The number of rotatable bonds is 4. The van der Waals surface area contributed by atoms with E-state index in [1.165, 1.54) is 7.11 Å². The second-order valence-corrected chi connectivity index (χ2v) is 5.60. The van der Waals surface area contributed by atoms with Crippen molar-refractivity contribution in [3.63, 3.8) is 0 Å². The molecule has 2 rings (SSSR count). The maximum atomic E-state index is 12.1. The van der Waals surface area contributed by atoms with Crippen molar-refractivity contribution < 1.29 is 24.1 Å². The van der Waals surface area contributed by atoms with E-state index in [9.17, 15) is 9.90 Å². The molecule has 1 aliphatic rings. The maximum Gasteiger partial charge on any atom is 0.338 e. The van der Waals surface area contributed by atoms with Crippen LogP contribution in [-0.2, 0) is 9.53 Å². The van der Waals surface area contributed by atoms with Gasteiger partial charge in [-0.2, -0.15) is 0 Å². The Kier molecular flexibility index (Phi) is 4.42. The molecule has 0 radical (unpaired) electrons. The van der Waals surface area contributed by atoms with Crippen molar-refractivity contribution in [1.29, 1.82) is 0 Å². The van der Waals surface area contributed by atoms with Crippen molar-refractivity contribution in [3.05, 3.63) is 23.8 Å². The van der Waals surface area contributed by atoms with Crippen LogP contribution in [0.3, 0.4) is 0 Å². The molecule has 0 bridgehead atoms. The second kappa shape index (κ2) is 5.93. The van der Waals surface area contributed by atoms with Crippen LogP contribution in [-0.4, -0.2) is 37.0 Å². The number of fused-ring (bicyclic) bond motifs is 1. The third-order valence-corrected chi connectivity index (χ3v) is 4.12. The van der Waals surface area contributed by atoms with Gasteiger partial charge in [0.25, 0.3) is 0 Å². The number of hydrogen-bond donors (Lipinski definition) is 1. The molecular formula is C16H22O5. The Bertz CT molecular complexity index is 525. The smallest absolute Gasteiger partial charge is 0.338 e. The summed E-state index contributed by atoms with van der Waals surface area (Å²) in [5.41, 5.74) is -0.778. The van der Waals surface area contributed by atoms with Gasteiger partial charge in [0.15, 0.2) is 17.1 Å². The van der Waals surface area contributed by atoms with Gasteiger partial charge in [-0.15, -0.1) is 0 Å². The van der Waals surface area contributed by atoms with E-state index in [-0.39, 0.29) is 5.92 Å². The van der Waals surface area contributed by atoms with Gasteiger partial charge in [0.2, 0.25) is 0 Å². The first-order valence-corrected chi connectivity index (χ1v) is 7.11. The van der Waals surface area contributed by atoms with Gasteiger partial charge >= 0.3 is 5.97 Å². The van der Waals surface area contributed by atoms with Crippen LogP contribution < -0.4 is 9.47 Å². The number of esters is 1.